The molecule has 3 N–H and O–H groups in total. The minimum Gasteiger partial charge on any atom is -0.321 e. The minimum absolute atomic E-state index is 0.0209. The van der Waals surface area contributed by atoms with Crippen molar-refractivity contribution in [3.8, 4) is 0 Å². The molecule has 0 bridgehead atoms. The molecule has 230 valence electrons. The summed E-state index contributed by atoms with van der Waals surface area (Å²) in [5.41, 5.74) is -1.40. The maximum Gasteiger partial charge on any atom is 0.276 e. The van der Waals surface area contributed by atoms with Crippen molar-refractivity contribution in [1.82, 2.24) is 5.32 Å². The zero-order valence-corrected chi connectivity index (χ0v) is 24.0. The summed E-state index contributed by atoms with van der Waals surface area (Å²) in [4.78, 5) is 50.1. The molecule has 4 aromatic carbocycles. The Morgan fingerprint density at radius 1 is 0.844 bits per heavy atom. The number of hydrogen-bond acceptors (Lipinski definition) is 6. The number of amides is 3. The first kappa shape index (κ1) is 32.4. The Kier molecular flexibility index (Phi) is 10.3. The third-order valence-electron chi connectivity index (χ3n) is 6.10. The summed E-state index contributed by atoms with van der Waals surface area (Å²) in [7, 11) is 0. The molecule has 0 aliphatic rings. The first-order valence-corrected chi connectivity index (χ1v) is 13.9. The lowest BCUT2D eigenvalue weighted by Gasteiger charge is -2.15. The average molecular weight is 639 g/mol. The molecule has 9 nitrogen and oxygen atoms in total. The molecule has 0 aromatic heterocycles. The van der Waals surface area contributed by atoms with Gasteiger partial charge in [-0.2, -0.15) is 0 Å². The fraction of sp³-hybridized carbons (Fsp3) is 0.0645. The second kappa shape index (κ2) is 14.3. The summed E-state index contributed by atoms with van der Waals surface area (Å²) >= 11 is 0.901. The first-order chi connectivity index (χ1) is 21.4. The Balaban J connectivity index is 1.54. The normalized spacial score (nSPS) is 11.8. The highest BCUT2D eigenvalue weighted by atomic mass is 32.2. The fourth-order valence-electron chi connectivity index (χ4n) is 3.88. The molecule has 0 heterocycles. The summed E-state index contributed by atoms with van der Waals surface area (Å²) in [5.74, 6) is -9.31. The Hall–Kier alpha value is -5.50. The van der Waals surface area contributed by atoms with Crippen molar-refractivity contribution in [2.24, 2.45) is 0 Å². The molecule has 0 saturated heterocycles. The standard InChI is InChI=1S/C31H22F4N4O5S/c1-17(29(40)38-28-26(34)22(32)16-23(33)27(28)35)45-21-12-7-11-20(15-21)36-31(42)24(37-30(41)18-8-3-2-4-9-18)14-19-10-5-6-13-25(19)39(43)44/h2-17H,1H3,(H,36,42)(H,37,41)(H,38,40)/b24-14+. The van der Waals surface area contributed by atoms with Crippen LogP contribution in [0.3, 0.4) is 0 Å². The Morgan fingerprint density at radius 2 is 1.49 bits per heavy atom. The van der Waals surface area contributed by atoms with Crippen LogP contribution in [-0.4, -0.2) is 27.9 Å². The zero-order valence-electron chi connectivity index (χ0n) is 23.1. The maximum absolute atomic E-state index is 14.0. The topological polar surface area (TPSA) is 130 Å². The largest absolute Gasteiger partial charge is 0.321 e. The number of carbonyl (C=O) groups excluding carboxylic acids is 3. The van der Waals surface area contributed by atoms with Crippen LogP contribution < -0.4 is 16.0 Å². The number of nitro groups is 1. The highest BCUT2D eigenvalue weighted by molar-refractivity contribution is 8.00. The third-order valence-corrected chi connectivity index (χ3v) is 7.19. The Morgan fingerprint density at radius 3 is 2.16 bits per heavy atom. The number of thioether (sulfide) groups is 1. The van der Waals surface area contributed by atoms with E-state index in [1.807, 2.05) is 5.32 Å². The molecular weight excluding hydrogens is 616 g/mol. The summed E-state index contributed by atoms with van der Waals surface area (Å²) in [6.07, 6.45) is 1.16. The van der Waals surface area contributed by atoms with Gasteiger partial charge in [-0.3, -0.25) is 24.5 Å². The Bertz CT molecular complexity index is 1800. The van der Waals surface area contributed by atoms with Gasteiger partial charge in [-0.25, -0.2) is 17.6 Å². The van der Waals surface area contributed by atoms with Gasteiger partial charge in [0.25, 0.3) is 17.5 Å². The molecule has 14 heteroatoms. The smallest absolute Gasteiger partial charge is 0.276 e. The highest BCUT2D eigenvalue weighted by Gasteiger charge is 2.24. The van der Waals surface area contributed by atoms with E-state index in [0.717, 1.165) is 17.8 Å². The number of para-hydroxylation sites is 1. The van der Waals surface area contributed by atoms with Crippen LogP contribution in [0.15, 0.2) is 95.5 Å². The van der Waals surface area contributed by atoms with Gasteiger partial charge in [-0.15, -0.1) is 11.8 Å². The number of nitrogens with one attached hydrogen (secondary N) is 3. The molecule has 0 radical (unpaired) electrons. The van der Waals surface area contributed by atoms with E-state index >= 15 is 0 Å². The molecule has 1 atom stereocenters. The van der Waals surface area contributed by atoms with Gasteiger partial charge >= 0.3 is 0 Å². The molecule has 0 aliphatic carbocycles. The predicted molar refractivity (Wildman–Crippen MR) is 160 cm³/mol. The number of anilines is 2. The van der Waals surface area contributed by atoms with Crippen LogP contribution in [0.25, 0.3) is 6.08 Å². The quantitative estimate of drug-likeness (QED) is 0.0444. The highest BCUT2D eigenvalue weighted by Crippen LogP contribution is 2.29. The van der Waals surface area contributed by atoms with Crippen molar-refractivity contribution in [1.29, 1.82) is 0 Å². The van der Waals surface area contributed by atoms with Crippen LogP contribution in [0.1, 0.15) is 22.8 Å². The second-order valence-corrected chi connectivity index (χ2v) is 10.7. The van der Waals surface area contributed by atoms with Crippen LogP contribution in [0.4, 0.5) is 34.6 Å². The molecule has 3 amide bonds. The predicted octanol–water partition coefficient (Wildman–Crippen LogP) is 6.68. The lowest BCUT2D eigenvalue weighted by molar-refractivity contribution is -0.385. The molecule has 0 spiro atoms. The minimum atomic E-state index is -1.76. The van der Waals surface area contributed by atoms with Crippen molar-refractivity contribution < 1.29 is 36.9 Å². The van der Waals surface area contributed by atoms with E-state index in [4.69, 9.17) is 0 Å². The number of benzene rings is 4. The van der Waals surface area contributed by atoms with Gasteiger partial charge in [0.05, 0.1) is 15.7 Å². The van der Waals surface area contributed by atoms with Crippen molar-refractivity contribution in [3.05, 3.63) is 135 Å². The lowest BCUT2D eigenvalue weighted by atomic mass is 10.1. The number of nitro benzene ring substituents is 1. The lowest BCUT2D eigenvalue weighted by Crippen LogP contribution is -2.30. The van der Waals surface area contributed by atoms with Gasteiger partial charge in [0.15, 0.2) is 23.3 Å². The first-order valence-electron chi connectivity index (χ1n) is 13.0. The molecule has 0 aliphatic heterocycles. The van der Waals surface area contributed by atoms with Crippen molar-refractivity contribution in [3.63, 3.8) is 0 Å². The molecule has 1 unspecified atom stereocenters. The average Bonchev–Trinajstić information content (AvgIpc) is 3.02. The van der Waals surface area contributed by atoms with Crippen molar-refractivity contribution in [2.75, 3.05) is 10.6 Å². The molecule has 4 rings (SSSR count). The van der Waals surface area contributed by atoms with E-state index in [1.165, 1.54) is 61.5 Å². The SMILES string of the molecule is CC(Sc1cccc(NC(=O)/C(=C\c2ccccc2[N+](=O)[O-])NC(=O)c2ccccc2)c1)C(=O)Nc1c(F)c(F)cc(F)c1F. The molecule has 45 heavy (non-hydrogen) atoms. The van der Waals surface area contributed by atoms with Crippen LogP contribution in [0.2, 0.25) is 0 Å². The fourth-order valence-corrected chi connectivity index (χ4v) is 4.81. The van der Waals surface area contributed by atoms with Gasteiger partial charge in [-0.05, 0) is 49.4 Å². The van der Waals surface area contributed by atoms with Crippen molar-refractivity contribution in [2.45, 2.75) is 17.1 Å². The zero-order chi connectivity index (χ0) is 32.7. The van der Waals surface area contributed by atoms with Crippen LogP contribution >= 0.6 is 11.8 Å². The summed E-state index contributed by atoms with van der Waals surface area (Å²) in [5, 5.41) is 17.4. The van der Waals surface area contributed by atoms with E-state index in [0.29, 0.717) is 4.90 Å². The van der Waals surface area contributed by atoms with Crippen molar-refractivity contribution >= 4 is 52.6 Å². The van der Waals surface area contributed by atoms with Gasteiger partial charge in [0.2, 0.25) is 5.91 Å². The number of nitrogens with zero attached hydrogens (tertiary/aromatic N) is 1. The van der Waals surface area contributed by atoms with E-state index < -0.39 is 56.9 Å². The van der Waals surface area contributed by atoms with Crippen LogP contribution in [0, 0.1) is 33.4 Å². The summed E-state index contributed by atoms with van der Waals surface area (Å²) < 4.78 is 55.1. The van der Waals surface area contributed by atoms with Crippen LogP contribution in [0.5, 0.6) is 0 Å². The summed E-state index contributed by atoms with van der Waals surface area (Å²) in [6, 6.07) is 19.6. The van der Waals surface area contributed by atoms with Gasteiger partial charge in [-0.1, -0.05) is 36.4 Å². The monoisotopic (exact) mass is 638 g/mol. The van der Waals surface area contributed by atoms with E-state index in [2.05, 4.69) is 10.6 Å². The number of halogens is 4. The summed E-state index contributed by atoms with van der Waals surface area (Å²) in [6.45, 7) is 1.38. The number of rotatable bonds is 10. The van der Waals surface area contributed by atoms with E-state index in [9.17, 15) is 42.1 Å². The molecule has 0 fully saturated rings. The third kappa shape index (κ3) is 8.12. The molecular formula is C31H22F4N4O5S. The molecule has 4 aromatic rings. The molecule has 0 saturated carbocycles. The van der Waals surface area contributed by atoms with Gasteiger partial charge < -0.3 is 16.0 Å². The number of carbonyl (C=O) groups is 3. The van der Waals surface area contributed by atoms with E-state index in [1.54, 1.807) is 24.3 Å². The van der Waals surface area contributed by atoms with Gasteiger partial charge in [0.1, 0.15) is 11.4 Å². The van der Waals surface area contributed by atoms with Gasteiger partial charge in [0, 0.05) is 28.3 Å². The number of hydrogen-bond donors (Lipinski definition) is 3. The Labute approximate surface area is 257 Å². The second-order valence-electron chi connectivity index (χ2n) is 9.27. The van der Waals surface area contributed by atoms with Crippen LogP contribution in [-0.2, 0) is 9.59 Å². The van der Waals surface area contributed by atoms with E-state index in [-0.39, 0.29) is 34.3 Å². The maximum atomic E-state index is 14.0.